The Labute approximate surface area is 128 Å². The van der Waals surface area contributed by atoms with E-state index in [0.29, 0.717) is 23.1 Å². The first-order valence-corrected chi connectivity index (χ1v) is 8.08. The van der Waals surface area contributed by atoms with Crippen LogP contribution in [0.15, 0.2) is 6.07 Å². The smallest absolute Gasteiger partial charge is 0.348 e. The van der Waals surface area contributed by atoms with Gasteiger partial charge in [-0.1, -0.05) is 6.92 Å². The fourth-order valence-electron chi connectivity index (χ4n) is 2.51. The molecule has 1 aliphatic rings. The highest BCUT2D eigenvalue weighted by Crippen LogP contribution is 2.30. The van der Waals surface area contributed by atoms with E-state index in [1.807, 2.05) is 19.9 Å². The second-order valence-electron chi connectivity index (χ2n) is 5.05. The molecule has 0 bridgehead atoms. The van der Waals surface area contributed by atoms with Crippen LogP contribution in [0.2, 0.25) is 0 Å². The molecule has 1 fully saturated rings. The third kappa shape index (κ3) is 3.63. The van der Waals surface area contributed by atoms with Gasteiger partial charge in [0.25, 0.3) is 0 Å². The van der Waals surface area contributed by atoms with Gasteiger partial charge in [-0.25, -0.2) is 4.79 Å². The summed E-state index contributed by atoms with van der Waals surface area (Å²) in [5.74, 6) is -0.476. The minimum atomic E-state index is -0.337. The van der Waals surface area contributed by atoms with Crippen molar-refractivity contribution < 1.29 is 19.1 Å². The summed E-state index contributed by atoms with van der Waals surface area (Å²) in [6, 6.07) is 1.81. The zero-order valence-corrected chi connectivity index (χ0v) is 13.4. The third-order valence-corrected chi connectivity index (χ3v) is 4.71. The zero-order chi connectivity index (χ0) is 15.4. The van der Waals surface area contributed by atoms with E-state index in [-0.39, 0.29) is 23.9 Å². The predicted molar refractivity (Wildman–Crippen MR) is 81.8 cm³/mol. The number of anilines is 1. The lowest BCUT2D eigenvalue weighted by atomic mass is 9.99. The van der Waals surface area contributed by atoms with Crippen molar-refractivity contribution in [3.8, 4) is 0 Å². The molecule has 0 aromatic carbocycles. The maximum Gasteiger partial charge on any atom is 0.348 e. The monoisotopic (exact) mass is 311 g/mol. The predicted octanol–water partition coefficient (Wildman–Crippen LogP) is 2.99. The molecule has 2 atom stereocenters. The molecule has 1 aliphatic heterocycles. The normalized spacial score (nSPS) is 21.3. The van der Waals surface area contributed by atoms with Gasteiger partial charge in [-0.2, -0.15) is 0 Å². The lowest BCUT2D eigenvalue weighted by Gasteiger charge is -2.15. The third-order valence-electron chi connectivity index (χ3n) is 3.57. The number of nitrogens with one attached hydrogen (secondary N) is 1. The molecule has 1 aromatic heterocycles. The first-order valence-electron chi connectivity index (χ1n) is 7.26. The van der Waals surface area contributed by atoms with Crippen LogP contribution in [0.5, 0.6) is 0 Å². The molecule has 2 heterocycles. The van der Waals surface area contributed by atoms with E-state index in [2.05, 4.69) is 5.32 Å². The van der Waals surface area contributed by atoms with Gasteiger partial charge in [0.15, 0.2) is 0 Å². The Morgan fingerprint density at radius 2 is 2.24 bits per heavy atom. The highest BCUT2D eigenvalue weighted by molar-refractivity contribution is 7.18. The number of thiophene rings is 1. The largest absolute Gasteiger partial charge is 0.462 e. The summed E-state index contributed by atoms with van der Waals surface area (Å²) in [6.07, 6.45) is 1.57. The molecular weight excluding hydrogens is 290 g/mol. The number of hydrogen-bond donors (Lipinski definition) is 1. The summed E-state index contributed by atoms with van der Waals surface area (Å²) >= 11 is 1.26. The molecule has 0 saturated carbocycles. The van der Waals surface area contributed by atoms with Crippen LogP contribution in [0.1, 0.15) is 41.9 Å². The second-order valence-corrected chi connectivity index (χ2v) is 6.10. The molecule has 0 radical (unpaired) electrons. The van der Waals surface area contributed by atoms with Crippen LogP contribution in [-0.2, 0) is 14.3 Å². The number of carbonyl (C=O) groups excluding carboxylic acids is 2. The van der Waals surface area contributed by atoms with Crippen LogP contribution in [0.25, 0.3) is 0 Å². The second kappa shape index (κ2) is 7.04. The van der Waals surface area contributed by atoms with Gasteiger partial charge in [0.05, 0.1) is 23.6 Å². The Kier molecular flexibility index (Phi) is 5.36. The molecule has 1 N–H and O–H groups in total. The Balaban J connectivity index is 2.04. The quantitative estimate of drug-likeness (QED) is 0.849. The van der Waals surface area contributed by atoms with Gasteiger partial charge >= 0.3 is 5.97 Å². The van der Waals surface area contributed by atoms with E-state index in [1.165, 1.54) is 11.3 Å². The van der Waals surface area contributed by atoms with Crippen LogP contribution >= 0.6 is 11.3 Å². The Morgan fingerprint density at radius 3 is 2.90 bits per heavy atom. The standard InChI is InChI=1S/C15H21NO4S/c1-4-11-10(6-7-20-11)14(17)16-12-8-9(3)13(21-12)15(18)19-5-2/h8,10-11H,4-7H2,1-3H3,(H,16,17). The number of esters is 1. The first kappa shape index (κ1) is 16.0. The molecule has 1 amide bonds. The average molecular weight is 311 g/mol. The number of carbonyl (C=O) groups is 2. The number of amides is 1. The molecule has 1 saturated heterocycles. The molecule has 116 valence electrons. The van der Waals surface area contributed by atoms with E-state index in [0.717, 1.165) is 18.4 Å². The van der Waals surface area contributed by atoms with Gasteiger partial charge in [0.1, 0.15) is 4.88 Å². The van der Waals surface area contributed by atoms with E-state index in [1.54, 1.807) is 6.92 Å². The van der Waals surface area contributed by atoms with Gasteiger partial charge < -0.3 is 14.8 Å². The van der Waals surface area contributed by atoms with Crippen molar-refractivity contribution in [3.63, 3.8) is 0 Å². The maximum atomic E-state index is 12.3. The van der Waals surface area contributed by atoms with Crippen molar-refractivity contribution in [2.24, 2.45) is 5.92 Å². The summed E-state index contributed by atoms with van der Waals surface area (Å²) in [5.41, 5.74) is 0.823. The summed E-state index contributed by atoms with van der Waals surface area (Å²) in [4.78, 5) is 24.6. The highest BCUT2D eigenvalue weighted by Gasteiger charge is 2.33. The van der Waals surface area contributed by atoms with Crippen LogP contribution < -0.4 is 5.32 Å². The van der Waals surface area contributed by atoms with E-state index < -0.39 is 0 Å². The number of rotatable bonds is 5. The molecule has 1 aromatic rings. The number of ether oxygens (including phenoxy) is 2. The Hall–Kier alpha value is -1.40. The van der Waals surface area contributed by atoms with Gasteiger partial charge in [0.2, 0.25) is 5.91 Å². The SMILES string of the molecule is CCOC(=O)c1sc(NC(=O)C2CCOC2CC)cc1C. The van der Waals surface area contributed by atoms with Gasteiger partial charge in [0, 0.05) is 6.61 Å². The number of hydrogen-bond acceptors (Lipinski definition) is 5. The minimum Gasteiger partial charge on any atom is -0.462 e. The van der Waals surface area contributed by atoms with Crippen LogP contribution in [0.3, 0.4) is 0 Å². The van der Waals surface area contributed by atoms with Crippen molar-refractivity contribution in [3.05, 3.63) is 16.5 Å². The van der Waals surface area contributed by atoms with Crippen LogP contribution in [0, 0.1) is 12.8 Å². The van der Waals surface area contributed by atoms with Crippen LogP contribution in [-0.4, -0.2) is 31.2 Å². The van der Waals surface area contributed by atoms with Gasteiger partial charge in [-0.05, 0) is 38.3 Å². The number of aryl methyl sites for hydroxylation is 1. The molecule has 6 heteroatoms. The van der Waals surface area contributed by atoms with Gasteiger partial charge in [-0.3, -0.25) is 4.79 Å². The van der Waals surface area contributed by atoms with E-state index >= 15 is 0 Å². The van der Waals surface area contributed by atoms with Crippen molar-refractivity contribution in [2.75, 3.05) is 18.5 Å². The van der Waals surface area contributed by atoms with Gasteiger partial charge in [-0.15, -0.1) is 11.3 Å². The minimum absolute atomic E-state index is 0.00409. The zero-order valence-electron chi connectivity index (χ0n) is 12.6. The lowest BCUT2D eigenvalue weighted by molar-refractivity contribution is -0.121. The molecule has 21 heavy (non-hydrogen) atoms. The fraction of sp³-hybridized carbons (Fsp3) is 0.600. The van der Waals surface area contributed by atoms with Crippen molar-refractivity contribution >= 4 is 28.2 Å². The Morgan fingerprint density at radius 1 is 1.48 bits per heavy atom. The lowest BCUT2D eigenvalue weighted by Crippen LogP contribution is -2.28. The summed E-state index contributed by atoms with van der Waals surface area (Å²) < 4.78 is 10.5. The van der Waals surface area contributed by atoms with Crippen LogP contribution in [0.4, 0.5) is 5.00 Å². The Bertz CT molecular complexity index is 526. The summed E-state index contributed by atoms with van der Waals surface area (Å²) in [5, 5.41) is 3.58. The molecule has 0 spiro atoms. The fourth-order valence-corrected chi connectivity index (χ4v) is 3.48. The highest BCUT2D eigenvalue weighted by atomic mass is 32.1. The maximum absolute atomic E-state index is 12.3. The molecule has 2 rings (SSSR count). The summed E-state index contributed by atoms with van der Waals surface area (Å²) in [6.45, 7) is 6.61. The molecule has 2 unspecified atom stereocenters. The first-order chi connectivity index (χ1) is 10.1. The molecular formula is C15H21NO4S. The van der Waals surface area contributed by atoms with Crippen molar-refractivity contribution in [1.29, 1.82) is 0 Å². The molecule has 5 nitrogen and oxygen atoms in total. The summed E-state index contributed by atoms with van der Waals surface area (Å²) in [7, 11) is 0. The molecule has 0 aliphatic carbocycles. The topological polar surface area (TPSA) is 64.6 Å². The van der Waals surface area contributed by atoms with E-state index in [4.69, 9.17) is 9.47 Å². The average Bonchev–Trinajstić information content (AvgIpc) is 3.05. The van der Waals surface area contributed by atoms with E-state index in [9.17, 15) is 9.59 Å². The van der Waals surface area contributed by atoms with Crippen molar-refractivity contribution in [2.45, 2.75) is 39.7 Å². The van der Waals surface area contributed by atoms with Crippen molar-refractivity contribution in [1.82, 2.24) is 0 Å².